The lowest BCUT2D eigenvalue weighted by Gasteiger charge is -2.01. The Morgan fingerprint density at radius 1 is 1.14 bits per heavy atom. The monoisotopic (exact) mass is 283 g/mol. The van der Waals surface area contributed by atoms with Gasteiger partial charge in [0.15, 0.2) is 5.69 Å². The molecule has 0 aliphatic rings. The minimum Gasteiger partial charge on any atom is -0.477 e. The minimum atomic E-state index is -1.09. The van der Waals surface area contributed by atoms with Crippen molar-refractivity contribution in [3.05, 3.63) is 53.6 Å². The summed E-state index contributed by atoms with van der Waals surface area (Å²) in [4.78, 5) is 29.3. The van der Waals surface area contributed by atoms with E-state index in [0.717, 1.165) is 11.3 Å². The maximum Gasteiger partial charge on any atom is 0.354 e. The van der Waals surface area contributed by atoms with E-state index >= 15 is 0 Å². The third-order valence-electron chi connectivity index (χ3n) is 2.58. The molecule has 6 nitrogen and oxygen atoms in total. The predicted molar refractivity (Wildman–Crippen MR) is 78.7 cm³/mol. The maximum atomic E-state index is 10.9. The summed E-state index contributed by atoms with van der Waals surface area (Å²) in [5.74, 6) is -1.22. The number of hydrogen-bond acceptors (Lipinski definition) is 4. The van der Waals surface area contributed by atoms with Gasteiger partial charge in [-0.3, -0.25) is 4.79 Å². The summed E-state index contributed by atoms with van der Waals surface area (Å²) in [7, 11) is 0. The average molecular weight is 283 g/mol. The number of carbonyl (C=O) groups excluding carboxylic acids is 1. The van der Waals surface area contributed by atoms with Crippen molar-refractivity contribution in [1.29, 1.82) is 0 Å². The van der Waals surface area contributed by atoms with E-state index in [1.165, 1.54) is 19.3 Å². The van der Waals surface area contributed by atoms with Crippen LogP contribution >= 0.6 is 0 Å². The lowest BCUT2D eigenvalue weighted by atomic mass is 10.1. The number of hydrogen-bond donors (Lipinski definition) is 2. The smallest absolute Gasteiger partial charge is 0.354 e. The minimum absolute atomic E-state index is 0.0503. The summed E-state index contributed by atoms with van der Waals surface area (Å²) in [5.41, 5.74) is 2.08. The van der Waals surface area contributed by atoms with Crippen LogP contribution in [0.5, 0.6) is 0 Å². The van der Waals surface area contributed by atoms with Crippen molar-refractivity contribution in [1.82, 2.24) is 9.97 Å². The van der Waals surface area contributed by atoms with Crippen LogP contribution in [0, 0.1) is 0 Å². The molecule has 2 aromatic rings. The maximum absolute atomic E-state index is 10.9. The van der Waals surface area contributed by atoms with Gasteiger partial charge in [0.1, 0.15) is 6.33 Å². The molecule has 0 saturated heterocycles. The van der Waals surface area contributed by atoms with E-state index in [2.05, 4.69) is 15.3 Å². The zero-order valence-electron chi connectivity index (χ0n) is 11.3. The zero-order chi connectivity index (χ0) is 15.2. The zero-order valence-corrected chi connectivity index (χ0v) is 11.3. The second kappa shape index (κ2) is 6.42. The number of amides is 1. The summed E-state index contributed by atoms with van der Waals surface area (Å²) in [6.07, 6.45) is 4.70. The first-order valence-electron chi connectivity index (χ1n) is 6.15. The Kier molecular flexibility index (Phi) is 4.40. The van der Waals surface area contributed by atoms with Crippen LogP contribution in [0.25, 0.3) is 12.2 Å². The van der Waals surface area contributed by atoms with Crippen molar-refractivity contribution in [2.75, 3.05) is 5.32 Å². The first kappa shape index (κ1) is 14.4. The lowest BCUT2D eigenvalue weighted by molar-refractivity contribution is -0.114. The Morgan fingerprint density at radius 3 is 2.48 bits per heavy atom. The topological polar surface area (TPSA) is 92.2 Å². The van der Waals surface area contributed by atoms with Crippen molar-refractivity contribution in [2.45, 2.75) is 6.92 Å². The van der Waals surface area contributed by atoms with Gasteiger partial charge in [-0.15, -0.1) is 0 Å². The molecular weight excluding hydrogens is 270 g/mol. The molecule has 106 valence electrons. The van der Waals surface area contributed by atoms with Gasteiger partial charge in [-0.05, 0) is 29.8 Å². The Hall–Kier alpha value is -3.02. The van der Waals surface area contributed by atoms with Gasteiger partial charge in [0, 0.05) is 12.6 Å². The standard InChI is InChI=1S/C15H13N3O3/c1-10(19)18-12-5-2-11(3-6-12)4-7-13-8-14(15(20)21)17-9-16-13/h2-9H,1H3,(H,18,19)(H,20,21)/b7-4+. The number of carboxylic acid groups (broad SMARTS) is 1. The number of nitrogens with zero attached hydrogens (tertiary/aromatic N) is 2. The van der Waals surface area contributed by atoms with Crippen molar-refractivity contribution in [2.24, 2.45) is 0 Å². The van der Waals surface area contributed by atoms with Crippen molar-refractivity contribution in [3.63, 3.8) is 0 Å². The molecule has 2 N–H and O–H groups in total. The van der Waals surface area contributed by atoms with Gasteiger partial charge in [0.05, 0.1) is 5.69 Å². The van der Waals surface area contributed by atoms with Crippen molar-refractivity contribution < 1.29 is 14.7 Å². The van der Waals surface area contributed by atoms with E-state index in [1.54, 1.807) is 24.3 Å². The molecule has 0 aliphatic carbocycles. The highest BCUT2D eigenvalue weighted by Crippen LogP contribution is 2.12. The van der Waals surface area contributed by atoms with Crippen LogP contribution in [0.2, 0.25) is 0 Å². The second-order valence-electron chi connectivity index (χ2n) is 4.27. The first-order chi connectivity index (χ1) is 10.0. The predicted octanol–water partition coefficient (Wildman–Crippen LogP) is 2.30. The summed E-state index contributed by atoms with van der Waals surface area (Å²) in [6.45, 7) is 1.45. The second-order valence-corrected chi connectivity index (χ2v) is 4.27. The summed E-state index contributed by atoms with van der Waals surface area (Å²) >= 11 is 0. The Labute approximate surface area is 121 Å². The average Bonchev–Trinajstić information content (AvgIpc) is 2.46. The highest BCUT2D eigenvalue weighted by atomic mass is 16.4. The molecule has 1 heterocycles. The highest BCUT2D eigenvalue weighted by molar-refractivity contribution is 5.89. The molecule has 6 heteroatoms. The van der Waals surface area contributed by atoms with Gasteiger partial charge in [-0.25, -0.2) is 14.8 Å². The molecule has 0 spiro atoms. The van der Waals surface area contributed by atoms with Gasteiger partial charge in [-0.1, -0.05) is 18.2 Å². The summed E-state index contributed by atoms with van der Waals surface area (Å²) < 4.78 is 0. The largest absolute Gasteiger partial charge is 0.477 e. The third-order valence-corrected chi connectivity index (χ3v) is 2.58. The molecule has 0 bridgehead atoms. The van der Waals surface area contributed by atoms with Crippen LogP contribution in [-0.2, 0) is 4.79 Å². The van der Waals surface area contributed by atoms with Crippen molar-refractivity contribution in [3.8, 4) is 0 Å². The van der Waals surface area contributed by atoms with Gasteiger partial charge >= 0.3 is 5.97 Å². The number of anilines is 1. The molecular formula is C15H13N3O3. The number of benzene rings is 1. The van der Waals surface area contributed by atoms with Gasteiger partial charge in [-0.2, -0.15) is 0 Å². The normalized spacial score (nSPS) is 10.5. The van der Waals surface area contributed by atoms with Gasteiger partial charge in [0.25, 0.3) is 0 Å². The quantitative estimate of drug-likeness (QED) is 0.898. The third kappa shape index (κ3) is 4.24. The van der Waals surface area contributed by atoms with Crippen molar-refractivity contribution >= 4 is 29.7 Å². The first-order valence-corrected chi connectivity index (χ1v) is 6.15. The molecule has 0 fully saturated rings. The van der Waals surface area contributed by atoms with E-state index in [4.69, 9.17) is 5.11 Å². The molecule has 0 aliphatic heterocycles. The van der Waals surface area contributed by atoms with E-state index in [1.807, 2.05) is 12.1 Å². The van der Waals surface area contributed by atoms with Gasteiger partial charge in [0.2, 0.25) is 5.91 Å². The fourth-order valence-electron chi connectivity index (χ4n) is 1.64. The number of nitrogens with one attached hydrogen (secondary N) is 1. The van der Waals surface area contributed by atoms with Crippen LogP contribution < -0.4 is 5.32 Å². The van der Waals surface area contributed by atoms with E-state index < -0.39 is 5.97 Å². The molecule has 1 aromatic carbocycles. The van der Waals surface area contributed by atoms with Crippen LogP contribution in [0.1, 0.15) is 28.7 Å². The number of aromatic nitrogens is 2. The van der Waals surface area contributed by atoms with E-state index in [-0.39, 0.29) is 11.6 Å². The molecule has 0 unspecified atom stereocenters. The van der Waals surface area contributed by atoms with Gasteiger partial charge < -0.3 is 10.4 Å². The number of carbonyl (C=O) groups is 2. The molecule has 0 saturated carbocycles. The number of rotatable bonds is 4. The molecule has 2 rings (SSSR count). The number of aromatic carboxylic acids is 1. The SMILES string of the molecule is CC(=O)Nc1ccc(/C=C/c2cc(C(=O)O)ncn2)cc1. The van der Waals surface area contributed by atoms with Crippen LogP contribution in [0.3, 0.4) is 0 Å². The fourth-order valence-corrected chi connectivity index (χ4v) is 1.64. The van der Waals surface area contributed by atoms with Crippen LogP contribution in [0.4, 0.5) is 5.69 Å². The molecule has 1 amide bonds. The number of carboxylic acids is 1. The van der Waals surface area contributed by atoms with Crippen LogP contribution in [0.15, 0.2) is 36.7 Å². The lowest BCUT2D eigenvalue weighted by Crippen LogP contribution is -2.05. The molecule has 21 heavy (non-hydrogen) atoms. The van der Waals surface area contributed by atoms with E-state index in [0.29, 0.717) is 5.69 Å². The fraction of sp³-hybridized carbons (Fsp3) is 0.0667. The summed E-state index contributed by atoms with van der Waals surface area (Å²) in [5, 5.41) is 11.5. The Bertz CT molecular complexity index is 694. The molecule has 0 radical (unpaired) electrons. The van der Waals surface area contributed by atoms with Crippen LogP contribution in [-0.4, -0.2) is 27.0 Å². The molecule has 1 aromatic heterocycles. The molecule has 0 atom stereocenters. The van der Waals surface area contributed by atoms with E-state index in [9.17, 15) is 9.59 Å². The highest BCUT2D eigenvalue weighted by Gasteiger charge is 2.04. The Morgan fingerprint density at radius 2 is 1.86 bits per heavy atom. The Balaban J connectivity index is 2.12. The summed E-state index contributed by atoms with van der Waals surface area (Å²) in [6, 6.07) is 8.63.